The summed E-state index contributed by atoms with van der Waals surface area (Å²) in [6.45, 7) is 2.44. The Morgan fingerprint density at radius 3 is 1.60 bits per heavy atom. The van der Waals surface area contributed by atoms with Gasteiger partial charge in [0.1, 0.15) is 17.3 Å². The fourth-order valence-electron chi connectivity index (χ4n) is 11.7. The highest BCUT2D eigenvalue weighted by Gasteiger charge is 2.45. The van der Waals surface area contributed by atoms with E-state index in [-0.39, 0.29) is 33.6 Å². The van der Waals surface area contributed by atoms with Crippen molar-refractivity contribution in [3.8, 4) is 39.8 Å². The van der Waals surface area contributed by atoms with Crippen molar-refractivity contribution >= 4 is 90.5 Å². The summed E-state index contributed by atoms with van der Waals surface area (Å²) >= 11 is 0. The molecule has 12 aromatic carbocycles. The Morgan fingerprint density at radius 1 is 0.478 bits per heavy atom. The molecule has 0 saturated carbocycles. The summed E-state index contributed by atoms with van der Waals surface area (Å²) in [5.41, 5.74) is -2.38. The summed E-state index contributed by atoms with van der Waals surface area (Å²) in [6.07, 6.45) is 4.95. The van der Waals surface area contributed by atoms with Crippen molar-refractivity contribution in [2.24, 2.45) is 0 Å². The van der Waals surface area contributed by atoms with E-state index in [1.54, 1.807) is 30.5 Å². The molecule has 0 aliphatic rings. The second kappa shape index (κ2) is 23.1. The van der Waals surface area contributed by atoms with E-state index < -0.39 is 292 Å². The van der Waals surface area contributed by atoms with Gasteiger partial charge in [-0.25, -0.2) is 4.98 Å². The first kappa shape index (κ1) is 28.6. The molecular weight excluding hydrogens is 1130 g/mol. The molecule has 15 rings (SSSR count). The number of benzene rings is 12. The SMILES string of the molecule is [2H]c1c([2H])c([2H])c([Si](c2cc(C([2H])([2H])[2H])cc(-c3c([2H])c([2H])c([2H])c([Si](c4c([2H])c([2H])c([2H])c([2H])c4[2H])(c4c([2H])c([2H])c([2H])c([2H])c4[2H])c4c([2H])c([2H])c([2H])c([2H])c4[2H])c3[2H])c2-[n+]2[c-]n(-c3cccc(Oc4ccc5c6ccccc6n(-c6cc(C(C)(C)C)ccn6)c5c4)c3)c3ccccc32)(c2c([2H])c([2H])c([2H])c([2H])c2[2H])c2c([2H])c([2H])c([2H])c([2H])c2[2H])c([2H])c1[2H]. The van der Waals surface area contributed by atoms with Crippen molar-refractivity contribution < 1.29 is 60.0 Å². The van der Waals surface area contributed by atoms with E-state index in [1.807, 2.05) is 47.0 Å². The average Bonchev–Trinajstić information content (AvgIpc) is 1.61. The third kappa shape index (κ3) is 9.62. The Balaban J connectivity index is 1.20. The van der Waals surface area contributed by atoms with Crippen LogP contribution in [0.5, 0.6) is 11.5 Å². The number of rotatable bonds is 14. The Labute approximate surface area is 580 Å². The lowest BCUT2D eigenvalue weighted by Gasteiger charge is -2.37. The molecule has 0 aliphatic carbocycles. The molecule has 0 atom stereocenters. The smallest absolute Gasteiger partial charge is 0.269 e. The third-order valence-electron chi connectivity index (χ3n) is 15.6. The van der Waals surface area contributed by atoms with Gasteiger partial charge in [-0.3, -0.25) is 13.7 Å². The van der Waals surface area contributed by atoms with E-state index in [9.17, 15) is 42.5 Å². The lowest BCUT2D eigenvalue weighted by atomic mass is 9.88. The van der Waals surface area contributed by atoms with Crippen LogP contribution < -0.4 is 50.8 Å². The third-order valence-corrected chi connectivity index (χ3v) is 23.8. The number of ether oxygens (including phenoxy) is 1. The number of hydrogen-bond acceptors (Lipinski definition) is 2. The quantitative estimate of drug-likeness (QED) is 0.0471. The van der Waals surface area contributed by atoms with E-state index in [0.29, 0.717) is 23.5 Å². The second-order valence-corrected chi connectivity index (χ2v) is 28.8. The van der Waals surface area contributed by atoms with Gasteiger partial charge in [-0.2, -0.15) is 0 Å². The second-order valence-electron chi connectivity index (χ2n) is 21.7. The zero-order chi connectivity index (χ0) is 92.9. The van der Waals surface area contributed by atoms with Crippen molar-refractivity contribution in [2.75, 3.05) is 0 Å². The van der Waals surface area contributed by atoms with Crippen LogP contribution in [0.1, 0.15) is 82.6 Å². The minimum absolute atomic E-state index is 0.00335. The summed E-state index contributed by atoms with van der Waals surface area (Å²) < 4.78 is 372. The standard InChI is InChI=1S/C83H66N4OSi2/c1-60-53-75(61-29-27-44-72(55-61)89(66-32-11-5-12-33-66,67-34-13-6-14-35-67)68-36-15-7-16-37-68)82(80(54-60)90(69-38-17-8-18-39-69,70-40-19-9-20-41-70)71-42-21-10-22-43-71)86-59-85(77-47-25-26-48-78(77)86)63-30-28-31-64(57-63)88-65-49-50-74-73-45-23-24-46-76(73)87(79(74)58-65)81-56-62(51-52-84-81)83(2,3)4/h5-58H,1-4H3/i1D3,5D,6D,7D,8D,9D,10D,11D,12D,13D,14D,15D,16D,17D,18D,19D,20D,21D,22D,27D,29D,32D,33D,34D,35D,36D,37D,38D,39D,40D,41D,42D,43D,44D,55D. The van der Waals surface area contributed by atoms with Crippen LogP contribution in [0.25, 0.3) is 61.2 Å². The molecular formula is C83H66N4OSi2. The summed E-state index contributed by atoms with van der Waals surface area (Å²) in [6, 6.07) is -15.3. The molecule has 0 amide bonds. The van der Waals surface area contributed by atoms with Gasteiger partial charge in [0.05, 0.1) is 80.0 Å². The topological polar surface area (TPSA) is 35.9 Å². The molecule has 15 aromatic rings. The Kier molecular flexibility index (Phi) is 7.35. The van der Waals surface area contributed by atoms with Crippen LogP contribution in [0.15, 0.2) is 327 Å². The fraction of sp³-hybridized carbons (Fsp3) is 0.0602. The minimum Gasteiger partial charge on any atom is -0.458 e. The Bertz CT molecular complexity index is 6860. The summed E-state index contributed by atoms with van der Waals surface area (Å²) in [5, 5.41) is -8.41. The molecule has 0 fully saturated rings. The summed E-state index contributed by atoms with van der Waals surface area (Å²) in [7, 11) is -13.8. The van der Waals surface area contributed by atoms with E-state index in [0.717, 1.165) is 26.4 Å². The maximum Gasteiger partial charge on any atom is 0.269 e. The molecule has 3 aromatic heterocycles. The maximum atomic E-state index is 11.4. The maximum absolute atomic E-state index is 11.4. The molecule has 0 N–H and O–H groups in total. The zero-order valence-corrected chi connectivity index (χ0v) is 49.7. The largest absolute Gasteiger partial charge is 0.458 e. The van der Waals surface area contributed by atoms with Gasteiger partial charge in [-0.15, -0.1) is 0 Å². The number of imidazole rings is 1. The molecule has 90 heavy (non-hydrogen) atoms. The van der Waals surface area contributed by atoms with Crippen molar-refractivity contribution in [1.29, 1.82) is 0 Å². The first-order valence-electron chi connectivity index (χ1n) is 46.5. The summed E-state index contributed by atoms with van der Waals surface area (Å²) in [5.74, 6) is 0.973. The number of hydrogen-bond donors (Lipinski definition) is 0. The minimum atomic E-state index is -6.92. The summed E-state index contributed by atoms with van der Waals surface area (Å²) in [4.78, 5) is 4.82. The van der Waals surface area contributed by atoms with E-state index in [4.69, 9.17) is 17.9 Å². The van der Waals surface area contributed by atoms with E-state index in [1.165, 1.54) is 41.0 Å². The lowest BCUT2D eigenvalue weighted by Crippen LogP contribution is -2.76. The van der Waals surface area contributed by atoms with Crippen molar-refractivity contribution in [3.63, 3.8) is 0 Å². The van der Waals surface area contributed by atoms with Crippen molar-refractivity contribution in [1.82, 2.24) is 14.1 Å². The number of aromatic nitrogens is 4. The number of para-hydroxylation sites is 3. The van der Waals surface area contributed by atoms with E-state index in [2.05, 4.69) is 27.1 Å². The molecule has 0 radical (unpaired) electrons. The monoisotopic (exact) mass is 1230 g/mol. The van der Waals surface area contributed by atoms with Crippen LogP contribution in [0.4, 0.5) is 0 Å². The van der Waals surface area contributed by atoms with Crippen LogP contribution >= 0.6 is 0 Å². The van der Waals surface area contributed by atoms with Gasteiger partial charge in [0.25, 0.3) is 6.33 Å². The number of aryl methyl sites for hydroxylation is 1. The Morgan fingerprint density at radius 2 is 1.01 bits per heavy atom. The lowest BCUT2D eigenvalue weighted by molar-refractivity contribution is -0.570. The van der Waals surface area contributed by atoms with Gasteiger partial charge in [0, 0.05) is 27.1 Å². The van der Waals surface area contributed by atoms with Crippen LogP contribution in [0, 0.1) is 13.2 Å². The van der Waals surface area contributed by atoms with Gasteiger partial charge in [0.2, 0.25) is 0 Å². The zero-order valence-electron chi connectivity index (χ0n) is 84.7. The predicted molar refractivity (Wildman–Crippen MR) is 378 cm³/mol. The van der Waals surface area contributed by atoms with Gasteiger partial charge in [0.15, 0.2) is 16.1 Å². The molecule has 3 heterocycles. The average molecular weight is 1230 g/mol. The fourth-order valence-corrected chi connectivity index (χ4v) is 19.3. The molecule has 432 valence electrons. The molecule has 0 aliphatic heterocycles. The number of pyridine rings is 1. The molecule has 7 heteroatoms. The van der Waals surface area contributed by atoms with Gasteiger partial charge in [-0.05, 0) is 119 Å². The van der Waals surface area contributed by atoms with Gasteiger partial charge in [-0.1, -0.05) is 292 Å². The molecule has 0 unspecified atom stereocenters. The predicted octanol–water partition coefficient (Wildman–Crippen LogP) is 14.0. The number of fused-ring (bicyclic) bond motifs is 4. The van der Waals surface area contributed by atoms with Crippen LogP contribution in [-0.4, -0.2) is 30.3 Å². The normalized spacial score (nSPS) is 17.9. The highest BCUT2D eigenvalue weighted by Crippen LogP contribution is 2.37. The van der Waals surface area contributed by atoms with Crippen LogP contribution in [0.2, 0.25) is 0 Å². The highest BCUT2D eigenvalue weighted by molar-refractivity contribution is 7.20. The van der Waals surface area contributed by atoms with Crippen molar-refractivity contribution in [2.45, 2.75) is 33.0 Å². The first-order valence-corrected chi connectivity index (χ1v) is 32.0. The van der Waals surface area contributed by atoms with Crippen molar-refractivity contribution in [3.05, 3.63) is 344 Å². The van der Waals surface area contributed by atoms with Crippen LogP contribution in [0.3, 0.4) is 0 Å². The molecule has 5 nitrogen and oxygen atoms in total. The molecule has 0 saturated heterocycles. The highest BCUT2D eigenvalue weighted by atomic mass is 28.3. The Hall–Kier alpha value is -10.7. The number of nitrogens with zero attached hydrogens (tertiary/aromatic N) is 4. The first-order chi connectivity index (χ1) is 59.5. The van der Waals surface area contributed by atoms with Gasteiger partial charge >= 0.3 is 0 Å². The van der Waals surface area contributed by atoms with Crippen LogP contribution in [-0.2, 0) is 5.41 Å². The van der Waals surface area contributed by atoms with Gasteiger partial charge < -0.3 is 4.74 Å². The molecule has 0 spiro atoms. The van der Waals surface area contributed by atoms with E-state index >= 15 is 0 Å². The molecule has 0 bridgehead atoms.